The van der Waals surface area contributed by atoms with Gasteiger partial charge in [-0.3, -0.25) is 4.79 Å². The summed E-state index contributed by atoms with van der Waals surface area (Å²) in [5, 5.41) is 2.93. The molecule has 1 saturated heterocycles. The average Bonchev–Trinajstić information content (AvgIpc) is 2.54. The number of hydrogen-bond donors (Lipinski definition) is 2. The van der Waals surface area contributed by atoms with Crippen molar-refractivity contribution in [1.82, 2.24) is 5.32 Å². The van der Waals surface area contributed by atoms with Gasteiger partial charge in [-0.1, -0.05) is 12.1 Å². The molecule has 3 N–H and O–H groups in total. The van der Waals surface area contributed by atoms with Crippen LogP contribution in [0.1, 0.15) is 24.0 Å². The van der Waals surface area contributed by atoms with Crippen molar-refractivity contribution in [1.29, 1.82) is 0 Å². The van der Waals surface area contributed by atoms with E-state index in [9.17, 15) is 4.79 Å². The van der Waals surface area contributed by atoms with Gasteiger partial charge in [0.1, 0.15) is 12.4 Å². The zero-order chi connectivity index (χ0) is 16.7. The topological polar surface area (TPSA) is 82.8 Å². The minimum atomic E-state index is -0.833. The number of nitrogens with one attached hydrogen (secondary N) is 1. The number of nitrogens with two attached hydrogens (primary N) is 1. The van der Waals surface area contributed by atoms with Gasteiger partial charge in [0.2, 0.25) is 5.91 Å². The smallest absolute Gasteiger partial charge is 0.240 e. The maximum atomic E-state index is 12.4. The number of ether oxygens (including phenoxy) is 3. The standard InChI is InChI=1S/C17H26N2O4/c1-13-3-4-14(15(11-13)23-10-9-21-2)12-19-16(20)17(18)5-7-22-8-6-17/h3-4,11H,5-10,12,18H2,1-2H3,(H,19,20). The minimum Gasteiger partial charge on any atom is -0.491 e. The molecule has 1 heterocycles. The van der Waals surface area contributed by atoms with Crippen molar-refractivity contribution in [3.05, 3.63) is 29.3 Å². The number of carbonyl (C=O) groups is 1. The van der Waals surface area contributed by atoms with Crippen molar-refractivity contribution in [2.45, 2.75) is 31.8 Å². The fraction of sp³-hybridized carbons (Fsp3) is 0.588. The van der Waals surface area contributed by atoms with Gasteiger partial charge in [-0.15, -0.1) is 0 Å². The van der Waals surface area contributed by atoms with Crippen LogP contribution in [0.3, 0.4) is 0 Å². The van der Waals surface area contributed by atoms with Gasteiger partial charge in [0, 0.05) is 32.4 Å². The second kappa shape index (κ2) is 8.29. The summed E-state index contributed by atoms with van der Waals surface area (Å²) >= 11 is 0. The van der Waals surface area contributed by atoms with Gasteiger partial charge in [0.25, 0.3) is 0 Å². The molecule has 0 atom stereocenters. The molecule has 6 nitrogen and oxygen atoms in total. The molecule has 1 aliphatic rings. The second-order valence-electron chi connectivity index (χ2n) is 5.90. The number of carbonyl (C=O) groups excluding carboxylic acids is 1. The predicted octanol–water partition coefficient (Wildman–Crippen LogP) is 1.14. The summed E-state index contributed by atoms with van der Waals surface area (Å²) in [7, 11) is 1.63. The number of methoxy groups -OCH3 is 1. The molecule has 0 spiro atoms. The van der Waals surface area contributed by atoms with Crippen LogP contribution in [0.2, 0.25) is 0 Å². The molecule has 23 heavy (non-hydrogen) atoms. The summed E-state index contributed by atoms with van der Waals surface area (Å²) < 4.78 is 16.0. The molecule has 1 aromatic rings. The first kappa shape index (κ1) is 17.7. The Kier molecular flexibility index (Phi) is 6.38. The van der Waals surface area contributed by atoms with Gasteiger partial charge in [-0.2, -0.15) is 0 Å². The third kappa shape index (κ3) is 4.92. The lowest BCUT2D eigenvalue weighted by Gasteiger charge is -2.31. The molecule has 0 saturated carbocycles. The molecule has 1 aromatic carbocycles. The fourth-order valence-electron chi connectivity index (χ4n) is 2.49. The highest BCUT2D eigenvalue weighted by Gasteiger charge is 2.35. The first-order valence-corrected chi connectivity index (χ1v) is 7.91. The Morgan fingerprint density at radius 3 is 2.78 bits per heavy atom. The summed E-state index contributed by atoms with van der Waals surface area (Å²) in [6.45, 7) is 4.44. The van der Waals surface area contributed by atoms with Gasteiger partial charge < -0.3 is 25.3 Å². The van der Waals surface area contributed by atoms with Crippen LogP contribution in [0.15, 0.2) is 18.2 Å². The zero-order valence-corrected chi connectivity index (χ0v) is 13.9. The summed E-state index contributed by atoms with van der Waals surface area (Å²) in [6, 6.07) is 5.92. The van der Waals surface area contributed by atoms with E-state index in [4.69, 9.17) is 19.9 Å². The molecule has 0 aliphatic carbocycles. The SMILES string of the molecule is COCCOc1cc(C)ccc1CNC(=O)C1(N)CCOCC1. The van der Waals surface area contributed by atoms with Crippen molar-refractivity contribution < 1.29 is 19.0 Å². The lowest BCUT2D eigenvalue weighted by molar-refractivity contribution is -0.129. The molecule has 0 unspecified atom stereocenters. The fourth-order valence-corrected chi connectivity index (χ4v) is 2.49. The van der Waals surface area contributed by atoms with E-state index >= 15 is 0 Å². The molecule has 2 rings (SSSR count). The predicted molar refractivity (Wildman–Crippen MR) is 87.4 cm³/mol. The van der Waals surface area contributed by atoms with Gasteiger partial charge in [-0.05, 0) is 31.4 Å². The van der Waals surface area contributed by atoms with Gasteiger partial charge in [-0.25, -0.2) is 0 Å². The minimum absolute atomic E-state index is 0.135. The first-order chi connectivity index (χ1) is 11.0. The average molecular weight is 322 g/mol. The molecular formula is C17H26N2O4. The number of aryl methyl sites for hydroxylation is 1. The molecule has 1 aliphatic heterocycles. The Bertz CT molecular complexity index is 527. The molecule has 1 fully saturated rings. The zero-order valence-electron chi connectivity index (χ0n) is 13.9. The normalized spacial score (nSPS) is 16.8. The van der Waals surface area contributed by atoms with Crippen LogP contribution in [0.5, 0.6) is 5.75 Å². The van der Waals surface area contributed by atoms with Crippen LogP contribution in [-0.4, -0.2) is 45.0 Å². The number of benzene rings is 1. The van der Waals surface area contributed by atoms with Crippen molar-refractivity contribution in [2.75, 3.05) is 33.5 Å². The lowest BCUT2D eigenvalue weighted by atomic mass is 9.90. The Balaban J connectivity index is 1.97. The van der Waals surface area contributed by atoms with Crippen molar-refractivity contribution >= 4 is 5.91 Å². The van der Waals surface area contributed by atoms with E-state index in [0.717, 1.165) is 16.9 Å². The third-order valence-electron chi connectivity index (χ3n) is 4.04. The Labute approximate surface area is 137 Å². The van der Waals surface area contributed by atoms with Crippen LogP contribution in [0.4, 0.5) is 0 Å². The number of amides is 1. The molecule has 6 heteroatoms. The summed E-state index contributed by atoms with van der Waals surface area (Å²) in [5.41, 5.74) is 7.38. The molecule has 0 aromatic heterocycles. The van der Waals surface area contributed by atoms with Crippen molar-refractivity contribution in [3.8, 4) is 5.75 Å². The Hall–Kier alpha value is -1.63. The van der Waals surface area contributed by atoms with E-state index in [0.29, 0.717) is 45.8 Å². The van der Waals surface area contributed by atoms with Gasteiger partial charge >= 0.3 is 0 Å². The number of rotatable bonds is 7. The molecule has 0 radical (unpaired) electrons. The van der Waals surface area contributed by atoms with Crippen molar-refractivity contribution in [3.63, 3.8) is 0 Å². The third-order valence-corrected chi connectivity index (χ3v) is 4.04. The largest absolute Gasteiger partial charge is 0.491 e. The van der Waals surface area contributed by atoms with Crippen LogP contribution >= 0.6 is 0 Å². The monoisotopic (exact) mass is 322 g/mol. The second-order valence-corrected chi connectivity index (χ2v) is 5.90. The summed E-state index contributed by atoms with van der Waals surface area (Å²) in [5.74, 6) is 0.629. The van der Waals surface area contributed by atoms with E-state index < -0.39 is 5.54 Å². The van der Waals surface area contributed by atoms with Crippen LogP contribution < -0.4 is 15.8 Å². The maximum absolute atomic E-state index is 12.4. The van der Waals surface area contributed by atoms with Crippen LogP contribution in [0, 0.1) is 6.92 Å². The van der Waals surface area contributed by atoms with Crippen LogP contribution in [0.25, 0.3) is 0 Å². The summed E-state index contributed by atoms with van der Waals surface area (Å²) in [4.78, 5) is 12.4. The highest BCUT2D eigenvalue weighted by atomic mass is 16.5. The van der Waals surface area contributed by atoms with E-state index in [1.165, 1.54) is 0 Å². The van der Waals surface area contributed by atoms with Gasteiger partial charge in [0.15, 0.2) is 0 Å². The van der Waals surface area contributed by atoms with Crippen molar-refractivity contribution in [2.24, 2.45) is 5.73 Å². The van der Waals surface area contributed by atoms with Gasteiger partial charge in [0.05, 0.1) is 12.1 Å². The molecule has 0 bridgehead atoms. The first-order valence-electron chi connectivity index (χ1n) is 7.91. The number of hydrogen-bond acceptors (Lipinski definition) is 5. The summed E-state index contributed by atoms with van der Waals surface area (Å²) in [6.07, 6.45) is 1.09. The van der Waals surface area contributed by atoms with Crippen LogP contribution in [-0.2, 0) is 20.8 Å². The molecular weight excluding hydrogens is 296 g/mol. The molecule has 128 valence electrons. The highest BCUT2D eigenvalue weighted by molar-refractivity contribution is 5.86. The van der Waals surface area contributed by atoms with E-state index in [1.807, 2.05) is 25.1 Å². The quantitative estimate of drug-likeness (QED) is 0.736. The Morgan fingerprint density at radius 2 is 2.09 bits per heavy atom. The van der Waals surface area contributed by atoms with E-state index in [-0.39, 0.29) is 5.91 Å². The highest BCUT2D eigenvalue weighted by Crippen LogP contribution is 2.22. The lowest BCUT2D eigenvalue weighted by Crippen LogP contribution is -2.56. The Morgan fingerprint density at radius 1 is 1.35 bits per heavy atom. The molecule has 1 amide bonds. The van der Waals surface area contributed by atoms with E-state index in [1.54, 1.807) is 7.11 Å². The maximum Gasteiger partial charge on any atom is 0.240 e. The van der Waals surface area contributed by atoms with E-state index in [2.05, 4.69) is 5.32 Å².